The molecule has 11 nitrogen and oxygen atoms in total. The van der Waals surface area contributed by atoms with E-state index in [-0.39, 0.29) is 41.4 Å². The fraction of sp³-hybridized carbons (Fsp3) is 0.393. The van der Waals surface area contributed by atoms with Crippen LogP contribution in [0, 0.1) is 12.8 Å². The molecular weight excluding hydrogens is 532 g/mol. The molecule has 2 aliphatic heterocycles. The Balaban J connectivity index is 1.29. The number of nitrogens with one attached hydrogen (secondary N) is 2. The highest BCUT2D eigenvalue weighted by Crippen LogP contribution is 2.33. The van der Waals surface area contributed by atoms with E-state index in [9.17, 15) is 14.4 Å². The van der Waals surface area contributed by atoms with Gasteiger partial charge in [0, 0.05) is 79.9 Å². The molecule has 1 aromatic carbocycles. The maximum atomic E-state index is 13.1. The van der Waals surface area contributed by atoms with Gasteiger partial charge in [0.1, 0.15) is 11.3 Å². The van der Waals surface area contributed by atoms with Crippen LogP contribution >= 0.6 is 11.6 Å². The molecule has 12 heteroatoms. The van der Waals surface area contributed by atoms with Gasteiger partial charge in [0.25, 0.3) is 11.5 Å². The van der Waals surface area contributed by atoms with Gasteiger partial charge in [0.2, 0.25) is 5.91 Å². The minimum atomic E-state index is -0.384. The summed E-state index contributed by atoms with van der Waals surface area (Å²) in [6, 6.07) is 9.00. The molecule has 2 atom stereocenters. The second-order valence-corrected chi connectivity index (χ2v) is 11.2. The minimum absolute atomic E-state index is 0.00648. The zero-order valence-electron chi connectivity index (χ0n) is 22.4. The molecule has 40 heavy (non-hydrogen) atoms. The quantitative estimate of drug-likeness (QED) is 0.386. The molecule has 208 valence electrons. The molecule has 1 saturated heterocycles. The molecule has 4 aromatic rings. The van der Waals surface area contributed by atoms with Crippen LogP contribution in [-0.4, -0.2) is 79.4 Å². The lowest BCUT2D eigenvalue weighted by Crippen LogP contribution is -2.39. The second-order valence-electron chi connectivity index (χ2n) is 10.8. The molecule has 0 unspecified atom stereocenters. The third kappa shape index (κ3) is 5.02. The summed E-state index contributed by atoms with van der Waals surface area (Å²) in [5, 5.41) is 13.5. The monoisotopic (exact) mass is 562 g/mol. The Bertz CT molecular complexity index is 1660. The van der Waals surface area contributed by atoms with E-state index in [1.54, 1.807) is 19.3 Å². The molecule has 2 amide bonds. The van der Waals surface area contributed by atoms with E-state index < -0.39 is 0 Å². The molecule has 0 spiro atoms. The van der Waals surface area contributed by atoms with E-state index in [0.717, 1.165) is 22.2 Å². The minimum Gasteiger partial charge on any atom is -0.357 e. The third-order valence-corrected chi connectivity index (χ3v) is 8.27. The number of benzene rings is 1. The number of likely N-dealkylation sites (N-methyl/N-ethyl adjacent to an activating group) is 1. The first kappa shape index (κ1) is 26.3. The maximum Gasteiger partial charge on any atom is 0.263 e. The van der Waals surface area contributed by atoms with E-state index >= 15 is 0 Å². The Morgan fingerprint density at radius 3 is 2.85 bits per heavy atom. The van der Waals surface area contributed by atoms with Crippen LogP contribution in [0.15, 0.2) is 47.5 Å². The maximum absolute atomic E-state index is 13.1. The number of carbonyl (C=O) groups excluding carboxylic acids is 2. The second kappa shape index (κ2) is 10.5. The Hall–Kier alpha value is -3.96. The van der Waals surface area contributed by atoms with E-state index in [2.05, 4.69) is 32.4 Å². The van der Waals surface area contributed by atoms with Crippen molar-refractivity contribution in [3.8, 4) is 0 Å². The number of aromatic nitrogens is 5. The lowest BCUT2D eigenvalue weighted by Gasteiger charge is -2.20. The number of nitrogens with zero attached hydrogens (tertiary/aromatic N) is 6. The number of hydrogen-bond donors (Lipinski definition) is 2. The first-order valence-electron chi connectivity index (χ1n) is 13.4. The highest BCUT2D eigenvalue weighted by molar-refractivity contribution is 6.31. The van der Waals surface area contributed by atoms with Crippen LogP contribution in [0.1, 0.15) is 39.8 Å². The van der Waals surface area contributed by atoms with Crippen molar-refractivity contribution in [1.82, 2.24) is 39.7 Å². The van der Waals surface area contributed by atoms with Crippen LogP contribution in [0.2, 0.25) is 5.02 Å². The van der Waals surface area contributed by atoms with E-state index in [0.29, 0.717) is 49.9 Å². The van der Waals surface area contributed by atoms with Crippen LogP contribution in [0.3, 0.4) is 0 Å². The van der Waals surface area contributed by atoms with Crippen LogP contribution < -0.4 is 10.9 Å². The number of halogens is 1. The predicted octanol–water partition coefficient (Wildman–Crippen LogP) is 2.20. The number of pyridine rings is 1. The molecule has 2 aliphatic rings. The highest BCUT2D eigenvalue weighted by Gasteiger charge is 2.36. The molecule has 0 radical (unpaired) electrons. The van der Waals surface area contributed by atoms with Gasteiger partial charge in [-0.25, -0.2) is 4.68 Å². The van der Waals surface area contributed by atoms with Crippen LogP contribution in [0.4, 0.5) is 0 Å². The Labute approximate surface area is 235 Å². The van der Waals surface area contributed by atoms with E-state index in [4.69, 9.17) is 11.6 Å². The molecule has 1 fully saturated rings. The van der Waals surface area contributed by atoms with Gasteiger partial charge in [0.05, 0.1) is 18.8 Å². The Morgan fingerprint density at radius 2 is 2.00 bits per heavy atom. The first-order valence-corrected chi connectivity index (χ1v) is 13.8. The Kier molecular flexibility index (Phi) is 6.93. The number of aromatic amines is 1. The standard InChI is InChI=1S/C28H31ClN8O3/c1-17-22-11-19(29)5-6-23(22)31-24(17)15-35-12-18-10-26(38)30-7-9-34(2)27(39)21-4-3-8-36(28(21)40)13-20-14-37(33-32-20)25(18)16-35/h3-6,8,11,14,18,25,31H,7,9-10,12-13,15-16H2,1-2H3,(H,30,38)/t18-,25+/m0/s1. The van der Waals surface area contributed by atoms with Gasteiger partial charge in [-0.15, -0.1) is 5.10 Å². The summed E-state index contributed by atoms with van der Waals surface area (Å²) < 4.78 is 3.30. The van der Waals surface area contributed by atoms with Gasteiger partial charge in [-0.1, -0.05) is 16.8 Å². The summed E-state index contributed by atoms with van der Waals surface area (Å²) in [4.78, 5) is 46.3. The van der Waals surface area contributed by atoms with Gasteiger partial charge in [-0.3, -0.25) is 19.3 Å². The van der Waals surface area contributed by atoms with Crippen molar-refractivity contribution in [2.24, 2.45) is 5.92 Å². The van der Waals surface area contributed by atoms with Gasteiger partial charge in [-0.2, -0.15) is 0 Å². The van der Waals surface area contributed by atoms with Crippen LogP contribution in [0.5, 0.6) is 0 Å². The third-order valence-electron chi connectivity index (χ3n) is 8.03. The average molecular weight is 563 g/mol. The van der Waals surface area contributed by atoms with Crippen LogP contribution in [0.25, 0.3) is 10.9 Å². The number of amides is 2. The topological polar surface area (TPSA) is 121 Å². The average Bonchev–Trinajstić information content (AvgIpc) is 3.62. The molecule has 4 bridgehead atoms. The van der Waals surface area contributed by atoms with Crippen molar-refractivity contribution in [1.29, 1.82) is 0 Å². The van der Waals surface area contributed by atoms with Gasteiger partial charge >= 0.3 is 0 Å². The number of fused-ring (bicyclic) bond motifs is 7. The van der Waals surface area contributed by atoms with E-state index in [1.165, 1.54) is 15.5 Å². The lowest BCUT2D eigenvalue weighted by molar-refractivity contribution is -0.122. The van der Waals surface area contributed by atoms with Gasteiger partial charge in [0.15, 0.2) is 0 Å². The van der Waals surface area contributed by atoms with Gasteiger partial charge in [-0.05, 0) is 42.8 Å². The molecule has 3 aromatic heterocycles. The zero-order valence-corrected chi connectivity index (χ0v) is 23.2. The summed E-state index contributed by atoms with van der Waals surface area (Å²) in [6.07, 6.45) is 3.82. The largest absolute Gasteiger partial charge is 0.357 e. The normalized spacial score (nSPS) is 20.6. The number of carbonyl (C=O) groups is 2. The molecule has 5 heterocycles. The number of rotatable bonds is 2. The van der Waals surface area contributed by atoms with Crippen LogP contribution in [-0.2, 0) is 17.9 Å². The molecule has 6 rings (SSSR count). The zero-order chi connectivity index (χ0) is 28.0. The van der Waals surface area contributed by atoms with Crippen molar-refractivity contribution in [2.45, 2.75) is 32.5 Å². The summed E-state index contributed by atoms with van der Waals surface area (Å²) in [5.74, 6) is -0.457. The number of aryl methyl sites for hydroxylation is 1. The fourth-order valence-corrected chi connectivity index (χ4v) is 6.01. The number of likely N-dealkylation sites (tertiary alicyclic amines) is 1. The van der Waals surface area contributed by atoms with E-state index in [1.807, 2.05) is 29.1 Å². The number of H-pyrrole nitrogens is 1. The van der Waals surface area contributed by atoms with Gasteiger partial charge < -0.3 is 19.8 Å². The van der Waals surface area contributed by atoms with Crippen molar-refractivity contribution < 1.29 is 9.59 Å². The molecule has 0 aliphatic carbocycles. The molecular formula is C28H31ClN8O3. The molecule has 0 saturated carbocycles. The summed E-state index contributed by atoms with van der Waals surface area (Å²) in [5.41, 5.74) is 3.63. The summed E-state index contributed by atoms with van der Waals surface area (Å²) in [6.45, 7) is 4.99. The van der Waals surface area contributed by atoms with Crippen molar-refractivity contribution in [3.63, 3.8) is 0 Å². The SMILES string of the molecule is Cc1c(CN2C[C@@H]3CC(=O)NCCN(C)C(=O)c4cccn(c4=O)Cc4cn(nn4)[C@@H]3C2)[nH]c2ccc(Cl)cc12. The van der Waals surface area contributed by atoms with Crippen molar-refractivity contribution in [2.75, 3.05) is 33.2 Å². The van der Waals surface area contributed by atoms with Crippen molar-refractivity contribution >= 4 is 34.3 Å². The summed E-state index contributed by atoms with van der Waals surface area (Å²) in [7, 11) is 1.63. The van der Waals surface area contributed by atoms with Crippen molar-refractivity contribution in [3.05, 3.63) is 80.6 Å². The lowest BCUT2D eigenvalue weighted by atomic mass is 9.99. The first-order chi connectivity index (χ1) is 19.3. The Morgan fingerprint density at radius 1 is 1.15 bits per heavy atom. The predicted molar refractivity (Wildman–Crippen MR) is 150 cm³/mol. The highest BCUT2D eigenvalue weighted by atomic mass is 35.5. The number of hydrogen-bond acceptors (Lipinski definition) is 6. The molecule has 2 N–H and O–H groups in total. The summed E-state index contributed by atoms with van der Waals surface area (Å²) >= 11 is 6.23. The smallest absolute Gasteiger partial charge is 0.263 e. The fourth-order valence-electron chi connectivity index (χ4n) is 5.83.